The summed E-state index contributed by atoms with van der Waals surface area (Å²) >= 11 is 3.38. The normalized spacial score (nSPS) is 10.1. The van der Waals surface area contributed by atoms with Crippen LogP contribution in [0, 0.1) is 6.92 Å². The number of hydrogen-bond acceptors (Lipinski definition) is 4. The maximum absolute atomic E-state index is 5.68. The van der Waals surface area contributed by atoms with E-state index in [0.717, 1.165) is 4.47 Å². The van der Waals surface area contributed by atoms with E-state index in [-0.39, 0.29) is 0 Å². The number of aryl methyl sites for hydroxylation is 1. The van der Waals surface area contributed by atoms with Crippen LogP contribution in [-0.2, 0) is 0 Å². The van der Waals surface area contributed by atoms with E-state index in [1.54, 1.807) is 31.3 Å². The Morgan fingerprint density at radius 2 is 2.12 bits per heavy atom. The van der Waals surface area contributed by atoms with Crippen LogP contribution in [0.2, 0.25) is 0 Å². The molecule has 0 unspecified atom stereocenters. The Morgan fingerprint density at radius 1 is 1.31 bits per heavy atom. The van der Waals surface area contributed by atoms with E-state index in [1.165, 1.54) is 0 Å². The molecule has 4 nitrogen and oxygen atoms in total. The third kappa shape index (κ3) is 2.49. The predicted octanol–water partition coefficient (Wildman–Crippen LogP) is 2.92. The van der Waals surface area contributed by atoms with Crippen molar-refractivity contribution in [2.24, 2.45) is 0 Å². The Hall–Kier alpha value is -1.62. The SMILES string of the molecule is Cc1nccc(Oc2cc(N)ccc2Br)n1. The number of halogens is 1. The zero-order valence-electron chi connectivity index (χ0n) is 8.64. The topological polar surface area (TPSA) is 61.0 Å². The maximum Gasteiger partial charge on any atom is 0.222 e. The highest BCUT2D eigenvalue weighted by atomic mass is 79.9. The molecule has 0 aliphatic rings. The van der Waals surface area contributed by atoms with Gasteiger partial charge in [-0.3, -0.25) is 0 Å². The van der Waals surface area contributed by atoms with Crippen molar-refractivity contribution in [2.75, 3.05) is 5.73 Å². The third-order valence-electron chi connectivity index (χ3n) is 1.92. The van der Waals surface area contributed by atoms with Crippen LogP contribution in [-0.4, -0.2) is 9.97 Å². The molecular formula is C11H10BrN3O. The summed E-state index contributed by atoms with van der Waals surface area (Å²) in [6.45, 7) is 1.81. The number of benzene rings is 1. The van der Waals surface area contributed by atoms with Gasteiger partial charge in [-0.05, 0) is 35.0 Å². The molecule has 1 aromatic heterocycles. The fraction of sp³-hybridized carbons (Fsp3) is 0.0909. The number of nitrogen functional groups attached to an aromatic ring is 1. The maximum atomic E-state index is 5.68. The fourth-order valence-electron chi connectivity index (χ4n) is 1.20. The molecule has 2 N–H and O–H groups in total. The molecule has 0 bridgehead atoms. The Bertz CT molecular complexity index is 516. The van der Waals surface area contributed by atoms with E-state index in [4.69, 9.17) is 10.5 Å². The lowest BCUT2D eigenvalue weighted by Crippen LogP contribution is -1.93. The van der Waals surface area contributed by atoms with Crippen LogP contribution in [0.1, 0.15) is 5.82 Å². The molecule has 0 amide bonds. The smallest absolute Gasteiger partial charge is 0.222 e. The van der Waals surface area contributed by atoms with Gasteiger partial charge in [0.25, 0.3) is 0 Å². The first-order valence-corrected chi connectivity index (χ1v) is 5.47. The van der Waals surface area contributed by atoms with Crippen molar-refractivity contribution >= 4 is 21.6 Å². The third-order valence-corrected chi connectivity index (χ3v) is 2.58. The van der Waals surface area contributed by atoms with Gasteiger partial charge in [-0.15, -0.1) is 0 Å². The lowest BCUT2D eigenvalue weighted by Gasteiger charge is -2.07. The molecule has 0 saturated carbocycles. The van der Waals surface area contributed by atoms with Crippen molar-refractivity contribution in [2.45, 2.75) is 6.92 Å². The second-order valence-corrected chi connectivity index (χ2v) is 4.09. The number of hydrogen-bond donors (Lipinski definition) is 1. The quantitative estimate of drug-likeness (QED) is 0.859. The molecule has 16 heavy (non-hydrogen) atoms. The molecule has 0 aliphatic heterocycles. The molecule has 82 valence electrons. The summed E-state index contributed by atoms with van der Waals surface area (Å²) in [5, 5.41) is 0. The number of nitrogens with zero attached hydrogens (tertiary/aromatic N) is 2. The van der Waals surface area contributed by atoms with E-state index in [0.29, 0.717) is 23.1 Å². The van der Waals surface area contributed by atoms with E-state index in [1.807, 2.05) is 6.07 Å². The molecule has 1 aromatic carbocycles. The molecule has 0 atom stereocenters. The number of rotatable bonds is 2. The highest BCUT2D eigenvalue weighted by Gasteiger charge is 2.04. The average Bonchev–Trinajstić information content (AvgIpc) is 2.24. The van der Waals surface area contributed by atoms with Crippen molar-refractivity contribution in [3.8, 4) is 11.6 Å². The lowest BCUT2D eigenvalue weighted by atomic mass is 10.3. The van der Waals surface area contributed by atoms with Crippen LogP contribution in [0.5, 0.6) is 11.6 Å². The zero-order chi connectivity index (χ0) is 11.5. The first kappa shape index (κ1) is 10.9. The Balaban J connectivity index is 2.30. The molecule has 0 fully saturated rings. The Morgan fingerprint density at radius 3 is 2.88 bits per heavy atom. The van der Waals surface area contributed by atoms with Gasteiger partial charge in [-0.25, -0.2) is 4.98 Å². The summed E-state index contributed by atoms with van der Waals surface area (Å²) in [5.41, 5.74) is 6.32. The van der Waals surface area contributed by atoms with E-state index in [2.05, 4.69) is 25.9 Å². The van der Waals surface area contributed by atoms with Crippen molar-refractivity contribution in [3.05, 3.63) is 40.8 Å². The Labute approximate surface area is 102 Å². The molecule has 1 heterocycles. The van der Waals surface area contributed by atoms with Crippen LogP contribution in [0.4, 0.5) is 5.69 Å². The number of anilines is 1. The average molecular weight is 280 g/mol. The lowest BCUT2D eigenvalue weighted by molar-refractivity contribution is 0.457. The first-order chi connectivity index (χ1) is 7.65. The highest BCUT2D eigenvalue weighted by Crippen LogP contribution is 2.30. The van der Waals surface area contributed by atoms with Gasteiger partial charge in [0.05, 0.1) is 4.47 Å². The van der Waals surface area contributed by atoms with Gasteiger partial charge >= 0.3 is 0 Å². The summed E-state index contributed by atoms with van der Waals surface area (Å²) in [4.78, 5) is 8.14. The van der Waals surface area contributed by atoms with Gasteiger partial charge in [0, 0.05) is 24.0 Å². The molecule has 0 aliphatic carbocycles. The van der Waals surface area contributed by atoms with Crippen LogP contribution in [0.25, 0.3) is 0 Å². The number of ether oxygens (including phenoxy) is 1. The van der Waals surface area contributed by atoms with Crippen LogP contribution in [0.15, 0.2) is 34.9 Å². The number of nitrogens with two attached hydrogens (primary N) is 1. The largest absolute Gasteiger partial charge is 0.438 e. The first-order valence-electron chi connectivity index (χ1n) is 4.67. The standard InChI is InChI=1S/C11H10BrN3O/c1-7-14-5-4-11(15-7)16-10-6-8(13)2-3-9(10)12/h2-6H,13H2,1H3. The number of aromatic nitrogens is 2. The van der Waals surface area contributed by atoms with Gasteiger partial charge < -0.3 is 10.5 Å². The van der Waals surface area contributed by atoms with Crippen molar-refractivity contribution in [1.29, 1.82) is 0 Å². The summed E-state index contributed by atoms with van der Waals surface area (Å²) < 4.78 is 6.42. The van der Waals surface area contributed by atoms with Gasteiger partial charge in [0.15, 0.2) is 0 Å². The van der Waals surface area contributed by atoms with E-state index in [9.17, 15) is 0 Å². The van der Waals surface area contributed by atoms with Crippen LogP contribution < -0.4 is 10.5 Å². The minimum atomic E-state index is 0.499. The summed E-state index contributed by atoms with van der Waals surface area (Å²) in [5.74, 6) is 1.80. The van der Waals surface area contributed by atoms with Crippen molar-refractivity contribution < 1.29 is 4.74 Å². The summed E-state index contributed by atoms with van der Waals surface area (Å²) in [7, 11) is 0. The molecule has 0 saturated heterocycles. The van der Waals surface area contributed by atoms with Gasteiger partial charge in [0.2, 0.25) is 5.88 Å². The molecule has 2 rings (SSSR count). The molecule has 2 aromatic rings. The molecular weight excluding hydrogens is 270 g/mol. The van der Waals surface area contributed by atoms with Gasteiger partial charge in [0.1, 0.15) is 11.6 Å². The summed E-state index contributed by atoms with van der Waals surface area (Å²) in [6, 6.07) is 7.06. The molecule has 0 spiro atoms. The zero-order valence-corrected chi connectivity index (χ0v) is 10.2. The minimum Gasteiger partial charge on any atom is -0.438 e. The molecule has 5 heteroatoms. The monoisotopic (exact) mass is 279 g/mol. The second kappa shape index (κ2) is 4.49. The Kier molecular flexibility index (Phi) is 3.05. The molecule has 0 radical (unpaired) electrons. The van der Waals surface area contributed by atoms with Crippen LogP contribution >= 0.6 is 15.9 Å². The highest BCUT2D eigenvalue weighted by molar-refractivity contribution is 9.10. The minimum absolute atomic E-state index is 0.499. The fourth-order valence-corrected chi connectivity index (χ4v) is 1.53. The van der Waals surface area contributed by atoms with Crippen LogP contribution in [0.3, 0.4) is 0 Å². The van der Waals surface area contributed by atoms with Gasteiger partial charge in [-0.1, -0.05) is 0 Å². The van der Waals surface area contributed by atoms with E-state index < -0.39 is 0 Å². The predicted molar refractivity (Wildman–Crippen MR) is 65.4 cm³/mol. The van der Waals surface area contributed by atoms with Crippen molar-refractivity contribution in [1.82, 2.24) is 9.97 Å². The van der Waals surface area contributed by atoms with Gasteiger partial charge in [-0.2, -0.15) is 4.98 Å². The summed E-state index contributed by atoms with van der Waals surface area (Å²) in [6.07, 6.45) is 1.65. The van der Waals surface area contributed by atoms with E-state index >= 15 is 0 Å². The second-order valence-electron chi connectivity index (χ2n) is 3.23. The van der Waals surface area contributed by atoms with Crippen molar-refractivity contribution in [3.63, 3.8) is 0 Å².